The number of aliphatic hydroxyl groups is 4. The molecule has 15 N–H and O–H groups in total. The van der Waals surface area contributed by atoms with E-state index in [0.29, 0.717) is 0 Å². The van der Waals surface area contributed by atoms with Crippen LogP contribution in [-0.4, -0.2) is 143 Å². The molecule has 8 unspecified atom stereocenters. The molecule has 3 saturated heterocycles. The predicted octanol–water partition coefficient (Wildman–Crippen LogP) is -5.13. The molecule has 41 heavy (non-hydrogen) atoms. The van der Waals surface area contributed by atoms with Crippen LogP contribution in [0.4, 0.5) is 4.39 Å². The Bertz CT molecular complexity index is 782. The van der Waals surface area contributed by atoms with Gasteiger partial charge in [0.15, 0.2) is 25.0 Å². The van der Waals surface area contributed by atoms with E-state index in [1.54, 1.807) is 7.05 Å². The van der Waals surface area contributed by atoms with Gasteiger partial charge in [0.05, 0.1) is 36.9 Å². The van der Waals surface area contributed by atoms with E-state index >= 15 is 0 Å². The van der Waals surface area contributed by atoms with Gasteiger partial charge in [-0.3, -0.25) is 0 Å². The molecule has 0 spiro atoms. The van der Waals surface area contributed by atoms with Crippen molar-refractivity contribution < 1.29 is 74.1 Å². The standard InChI is InChI=1S/C21H40FN5O9.H2O5/c1-27-15-17(31)19-10(33-21(15)34-12-4-9(29)14(26)11(5-28)32-12)3-8(25)20(36-19)35-18-7(24)2-6(23)16(30)13(18)22;1-3-5-4-2/h6-21,27-31H,2-5,23-26H2,1H3;1-2H/t6-,7?,8?,9-,10+,11?,12-,13-,14+,15?,16?,17?,18-,19?,20+,21?;/m1./s1. The van der Waals surface area contributed by atoms with Gasteiger partial charge in [-0.25, -0.2) is 14.9 Å². The van der Waals surface area contributed by atoms with E-state index in [2.05, 4.69) is 20.4 Å². The highest BCUT2D eigenvalue weighted by atomic mass is 19.1. The van der Waals surface area contributed by atoms with E-state index in [4.69, 9.17) is 57.1 Å². The van der Waals surface area contributed by atoms with Gasteiger partial charge in [-0.15, -0.1) is 0 Å². The van der Waals surface area contributed by atoms with Crippen molar-refractivity contribution >= 4 is 0 Å². The van der Waals surface area contributed by atoms with Gasteiger partial charge in [0.2, 0.25) is 0 Å². The summed E-state index contributed by atoms with van der Waals surface area (Å²) >= 11 is 0. The minimum Gasteiger partial charge on any atom is -0.394 e. The van der Waals surface area contributed by atoms with Crippen LogP contribution >= 0.6 is 0 Å². The lowest BCUT2D eigenvalue weighted by Crippen LogP contribution is -2.69. The smallest absolute Gasteiger partial charge is 0.179 e. The van der Waals surface area contributed by atoms with Crippen LogP contribution in [0.1, 0.15) is 19.3 Å². The van der Waals surface area contributed by atoms with Gasteiger partial charge in [-0.1, -0.05) is 0 Å². The number of likely N-dealkylation sites (N-methyl/N-ethyl adjacent to an activating group) is 1. The number of nitrogens with one attached hydrogen (secondary N) is 1. The summed E-state index contributed by atoms with van der Waals surface area (Å²) in [5.74, 6) is 0. The number of ether oxygens (including phenoxy) is 5. The molecular weight excluding hydrogens is 565 g/mol. The van der Waals surface area contributed by atoms with Crippen LogP contribution in [0, 0.1) is 0 Å². The third kappa shape index (κ3) is 8.21. The van der Waals surface area contributed by atoms with Crippen molar-refractivity contribution in [2.45, 2.75) is 117 Å². The Morgan fingerprint density at radius 3 is 2.12 bits per heavy atom. The summed E-state index contributed by atoms with van der Waals surface area (Å²) in [5, 5.41) is 66.2. The second-order valence-corrected chi connectivity index (χ2v) is 10.3. The van der Waals surface area contributed by atoms with Gasteiger partial charge in [-0.05, 0) is 35.0 Å². The number of rotatable bonds is 8. The summed E-state index contributed by atoms with van der Waals surface area (Å²) in [6, 6.07) is -3.89. The summed E-state index contributed by atoms with van der Waals surface area (Å²) in [6.07, 6.45) is -11.6. The second kappa shape index (κ2) is 15.8. The average Bonchev–Trinajstić information content (AvgIpc) is 2.93. The van der Waals surface area contributed by atoms with Gasteiger partial charge in [0.1, 0.15) is 30.5 Å². The molecule has 0 aromatic rings. The highest BCUT2D eigenvalue weighted by Crippen LogP contribution is 2.35. The Hall–Kier alpha value is -0.830. The third-order valence-corrected chi connectivity index (χ3v) is 7.65. The van der Waals surface area contributed by atoms with Crippen molar-refractivity contribution in [3.63, 3.8) is 0 Å². The number of hydrogen-bond donors (Lipinski definition) is 11. The SMILES string of the molecule is CNC1C(O[C@@H]2C[C@@H](O)[C@H](N)C(CO)O2)O[C@H]2CC(N)[C@@H](O[C@@H]3C(N)C[C@@H](N)C(O)[C@H]3F)OC2C1O.OOOOO. The number of fused-ring (bicyclic) bond motifs is 1. The fraction of sp³-hybridized carbons (Fsp3) is 1.00. The molecule has 1 aliphatic carbocycles. The molecule has 1 saturated carbocycles. The predicted molar refractivity (Wildman–Crippen MR) is 129 cm³/mol. The Labute approximate surface area is 233 Å². The lowest BCUT2D eigenvalue weighted by molar-refractivity contribution is -0.695. The molecule has 16 atom stereocenters. The Kier molecular flexibility index (Phi) is 13.3. The topological polar surface area (TPSA) is 311 Å². The van der Waals surface area contributed by atoms with Crippen LogP contribution in [-0.2, 0) is 38.8 Å². The maximum absolute atomic E-state index is 14.7. The zero-order valence-electron chi connectivity index (χ0n) is 22.2. The molecule has 0 bridgehead atoms. The summed E-state index contributed by atoms with van der Waals surface area (Å²) in [5.41, 5.74) is 23.9. The molecule has 19 nitrogen and oxygen atoms in total. The van der Waals surface area contributed by atoms with Crippen LogP contribution in [0.3, 0.4) is 0 Å². The fourth-order valence-corrected chi connectivity index (χ4v) is 5.41. The molecule has 3 aliphatic heterocycles. The van der Waals surface area contributed by atoms with Crippen molar-refractivity contribution in [2.75, 3.05) is 13.7 Å². The van der Waals surface area contributed by atoms with Crippen LogP contribution in [0.25, 0.3) is 0 Å². The van der Waals surface area contributed by atoms with Crippen LogP contribution in [0.2, 0.25) is 0 Å². The molecule has 4 aliphatic rings. The quantitative estimate of drug-likeness (QED) is 0.0907. The Morgan fingerprint density at radius 1 is 0.854 bits per heavy atom. The maximum Gasteiger partial charge on any atom is 0.179 e. The van der Waals surface area contributed by atoms with E-state index in [1.165, 1.54) is 0 Å². The largest absolute Gasteiger partial charge is 0.394 e. The monoisotopic (exact) mass is 607 g/mol. The van der Waals surface area contributed by atoms with Crippen molar-refractivity contribution in [1.29, 1.82) is 0 Å². The van der Waals surface area contributed by atoms with Gasteiger partial charge in [0.25, 0.3) is 0 Å². The highest BCUT2D eigenvalue weighted by molar-refractivity contribution is 5.01. The Morgan fingerprint density at radius 2 is 1.54 bits per heavy atom. The maximum atomic E-state index is 14.7. The molecule has 242 valence electrons. The van der Waals surface area contributed by atoms with Crippen molar-refractivity contribution in [3.8, 4) is 0 Å². The van der Waals surface area contributed by atoms with Crippen LogP contribution in [0.15, 0.2) is 0 Å². The van der Waals surface area contributed by atoms with Gasteiger partial charge in [0, 0.05) is 18.5 Å². The molecule has 4 fully saturated rings. The number of nitrogens with two attached hydrogens (primary N) is 4. The van der Waals surface area contributed by atoms with E-state index in [9.17, 15) is 24.8 Å². The number of halogens is 1. The summed E-state index contributed by atoms with van der Waals surface area (Å²) < 4.78 is 44.1. The van der Waals surface area contributed by atoms with Crippen molar-refractivity contribution in [1.82, 2.24) is 5.32 Å². The lowest BCUT2D eigenvalue weighted by atomic mass is 9.85. The molecule has 3 heterocycles. The molecule has 0 aromatic carbocycles. The van der Waals surface area contributed by atoms with E-state index in [1.807, 2.05) is 0 Å². The van der Waals surface area contributed by atoms with Gasteiger partial charge in [-0.2, -0.15) is 0 Å². The van der Waals surface area contributed by atoms with E-state index < -0.39 is 105 Å². The number of aliphatic hydroxyl groups excluding tert-OH is 4. The highest BCUT2D eigenvalue weighted by Gasteiger charge is 2.53. The zero-order chi connectivity index (χ0) is 30.4. The average molecular weight is 608 g/mol. The fourth-order valence-electron chi connectivity index (χ4n) is 5.41. The summed E-state index contributed by atoms with van der Waals surface area (Å²) in [6.45, 7) is -0.399. The van der Waals surface area contributed by atoms with Crippen LogP contribution < -0.4 is 28.3 Å². The minimum absolute atomic E-state index is 0.0473. The molecule has 0 amide bonds. The number of hydrogen-bond acceptors (Lipinski definition) is 19. The minimum atomic E-state index is -1.82. The van der Waals surface area contributed by atoms with Crippen molar-refractivity contribution in [2.24, 2.45) is 22.9 Å². The third-order valence-electron chi connectivity index (χ3n) is 7.65. The zero-order valence-corrected chi connectivity index (χ0v) is 22.2. The van der Waals surface area contributed by atoms with E-state index in [0.717, 1.165) is 0 Å². The number of alkyl halides is 1. The lowest BCUT2D eigenvalue weighted by Gasteiger charge is -2.51. The molecule has 0 radical (unpaired) electrons. The first-order valence-electron chi connectivity index (χ1n) is 13.0. The first kappa shape index (κ1) is 34.7. The first-order chi connectivity index (χ1) is 19.5. The van der Waals surface area contributed by atoms with E-state index in [-0.39, 0.29) is 19.3 Å². The first-order valence-corrected chi connectivity index (χ1v) is 13.0. The molecule has 4 rings (SSSR count). The van der Waals surface area contributed by atoms with Gasteiger partial charge < -0.3 is 72.4 Å². The second-order valence-electron chi connectivity index (χ2n) is 10.3. The molecule has 20 heteroatoms. The Balaban J connectivity index is 0.000000850. The van der Waals surface area contributed by atoms with Crippen LogP contribution in [0.5, 0.6) is 0 Å². The normalized spacial score (nSPS) is 48.6. The summed E-state index contributed by atoms with van der Waals surface area (Å²) in [7, 11) is 1.60. The molecule has 0 aromatic heterocycles. The van der Waals surface area contributed by atoms with Gasteiger partial charge >= 0.3 is 0 Å². The summed E-state index contributed by atoms with van der Waals surface area (Å²) in [4.78, 5) is 0. The molecular formula is C21H42FN5O14. The van der Waals surface area contributed by atoms with Crippen molar-refractivity contribution in [3.05, 3.63) is 0 Å².